The molecule has 0 saturated heterocycles. The van der Waals surface area contributed by atoms with Gasteiger partial charge in [0.15, 0.2) is 0 Å². The second-order valence-electron chi connectivity index (χ2n) is 6.16. The molecule has 0 aliphatic rings. The highest BCUT2D eigenvalue weighted by Crippen LogP contribution is 2.23. The van der Waals surface area contributed by atoms with Crippen LogP contribution in [0, 0.1) is 0 Å². The third-order valence-electron chi connectivity index (χ3n) is 4.11. The maximum Gasteiger partial charge on any atom is 0.322 e. The Morgan fingerprint density at radius 1 is 0.917 bits per heavy atom. The van der Waals surface area contributed by atoms with Crippen molar-refractivity contribution in [1.82, 2.24) is 4.90 Å². The number of nitrogens with one attached hydrogen (secondary N) is 1. The van der Waals surface area contributed by atoms with Crippen molar-refractivity contribution in [1.29, 1.82) is 0 Å². The van der Waals surface area contributed by atoms with E-state index in [0.29, 0.717) is 6.54 Å². The molecule has 0 bridgehead atoms. The number of hydrogen-bond donors (Lipinski definition) is 1. The minimum Gasteiger partial charge on any atom is -0.318 e. The van der Waals surface area contributed by atoms with Gasteiger partial charge in [-0.15, -0.1) is 0 Å². The number of anilines is 1. The standard InChI is InChI=1S/C21H22N2O/c1-16(2)23(15-17-9-4-3-5-10-17)21(24)22-20-14-8-12-18-11-6-7-13-19(18)20/h3-14,16H,15H2,1-2H3,(H,22,24). The van der Waals surface area contributed by atoms with Crippen molar-refractivity contribution in [3.8, 4) is 0 Å². The highest BCUT2D eigenvalue weighted by atomic mass is 16.2. The largest absolute Gasteiger partial charge is 0.322 e. The predicted octanol–water partition coefficient (Wildman–Crippen LogP) is 5.28. The van der Waals surface area contributed by atoms with Gasteiger partial charge in [0.2, 0.25) is 0 Å². The Morgan fingerprint density at radius 2 is 1.58 bits per heavy atom. The Labute approximate surface area is 142 Å². The second-order valence-corrected chi connectivity index (χ2v) is 6.16. The fourth-order valence-corrected chi connectivity index (χ4v) is 2.79. The first kappa shape index (κ1) is 16.1. The van der Waals surface area contributed by atoms with Crippen LogP contribution in [0.2, 0.25) is 0 Å². The first-order chi connectivity index (χ1) is 11.6. The van der Waals surface area contributed by atoms with Gasteiger partial charge in [0.1, 0.15) is 0 Å². The van der Waals surface area contributed by atoms with E-state index in [2.05, 4.69) is 17.4 Å². The molecule has 3 rings (SSSR count). The van der Waals surface area contributed by atoms with Crippen molar-refractivity contribution in [3.63, 3.8) is 0 Å². The van der Waals surface area contributed by atoms with E-state index >= 15 is 0 Å². The minimum atomic E-state index is -0.0785. The first-order valence-corrected chi connectivity index (χ1v) is 8.24. The van der Waals surface area contributed by atoms with E-state index in [0.717, 1.165) is 22.0 Å². The molecule has 1 N–H and O–H groups in total. The molecule has 3 heteroatoms. The number of carbonyl (C=O) groups excluding carboxylic acids is 1. The van der Waals surface area contributed by atoms with Crippen LogP contribution in [-0.2, 0) is 6.54 Å². The normalized spacial score (nSPS) is 10.8. The Kier molecular flexibility index (Phi) is 4.80. The maximum atomic E-state index is 12.8. The van der Waals surface area contributed by atoms with Gasteiger partial charge < -0.3 is 10.2 Å². The van der Waals surface area contributed by atoms with Gasteiger partial charge in [-0.3, -0.25) is 0 Å². The van der Waals surface area contributed by atoms with Crippen LogP contribution >= 0.6 is 0 Å². The second kappa shape index (κ2) is 7.18. The predicted molar refractivity (Wildman–Crippen MR) is 100 cm³/mol. The average Bonchev–Trinajstić information content (AvgIpc) is 2.60. The molecule has 3 nitrogen and oxygen atoms in total. The molecule has 0 aromatic heterocycles. The number of fused-ring (bicyclic) bond motifs is 1. The molecule has 0 fully saturated rings. The zero-order valence-corrected chi connectivity index (χ0v) is 14.1. The smallest absolute Gasteiger partial charge is 0.318 e. The lowest BCUT2D eigenvalue weighted by atomic mass is 10.1. The molecule has 0 atom stereocenters. The van der Waals surface area contributed by atoms with Crippen molar-refractivity contribution >= 4 is 22.5 Å². The number of nitrogens with zero attached hydrogens (tertiary/aromatic N) is 1. The van der Waals surface area contributed by atoms with Crippen LogP contribution in [0.3, 0.4) is 0 Å². The monoisotopic (exact) mass is 318 g/mol. The number of hydrogen-bond acceptors (Lipinski definition) is 1. The molecule has 3 aromatic rings. The fourth-order valence-electron chi connectivity index (χ4n) is 2.79. The number of benzene rings is 3. The highest BCUT2D eigenvalue weighted by Gasteiger charge is 2.18. The fraction of sp³-hybridized carbons (Fsp3) is 0.190. The van der Waals surface area contributed by atoms with Crippen LogP contribution in [-0.4, -0.2) is 17.0 Å². The average molecular weight is 318 g/mol. The Hall–Kier alpha value is -2.81. The van der Waals surface area contributed by atoms with Crippen molar-refractivity contribution in [2.75, 3.05) is 5.32 Å². The quantitative estimate of drug-likeness (QED) is 0.697. The summed E-state index contributed by atoms with van der Waals surface area (Å²) in [5.41, 5.74) is 1.97. The van der Waals surface area contributed by atoms with Crippen LogP contribution < -0.4 is 5.32 Å². The van der Waals surface area contributed by atoms with E-state index in [1.807, 2.05) is 79.4 Å². The summed E-state index contributed by atoms with van der Waals surface area (Å²) >= 11 is 0. The van der Waals surface area contributed by atoms with Crippen LogP contribution in [0.15, 0.2) is 72.8 Å². The van der Waals surface area contributed by atoms with Gasteiger partial charge >= 0.3 is 6.03 Å². The summed E-state index contributed by atoms with van der Waals surface area (Å²) in [6.07, 6.45) is 0. The van der Waals surface area contributed by atoms with Crippen molar-refractivity contribution in [2.24, 2.45) is 0 Å². The van der Waals surface area contributed by atoms with Crippen LogP contribution in [0.1, 0.15) is 19.4 Å². The Morgan fingerprint density at radius 3 is 2.33 bits per heavy atom. The highest BCUT2D eigenvalue weighted by molar-refractivity contribution is 6.01. The number of carbonyl (C=O) groups is 1. The third kappa shape index (κ3) is 3.57. The van der Waals surface area contributed by atoms with Crippen molar-refractivity contribution in [3.05, 3.63) is 78.4 Å². The number of rotatable bonds is 4. The SMILES string of the molecule is CC(C)N(Cc1ccccc1)C(=O)Nc1cccc2ccccc12. The van der Waals surface area contributed by atoms with Gasteiger partial charge in [0, 0.05) is 18.0 Å². The topological polar surface area (TPSA) is 32.3 Å². The summed E-state index contributed by atoms with van der Waals surface area (Å²) in [5.74, 6) is 0. The molecule has 0 aliphatic carbocycles. The molecule has 2 amide bonds. The summed E-state index contributed by atoms with van der Waals surface area (Å²) in [4.78, 5) is 14.7. The minimum absolute atomic E-state index is 0.0785. The molecular weight excluding hydrogens is 296 g/mol. The maximum absolute atomic E-state index is 12.8. The molecule has 0 spiro atoms. The van der Waals surface area contributed by atoms with Crippen molar-refractivity contribution in [2.45, 2.75) is 26.4 Å². The van der Waals surface area contributed by atoms with E-state index in [9.17, 15) is 4.79 Å². The summed E-state index contributed by atoms with van der Waals surface area (Å²) in [5, 5.41) is 5.25. The lowest BCUT2D eigenvalue weighted by Gasteiger charge is -2.27. The van der Waals surface area contributed by atoms with Gasteiger partial charge in [-0.1, -0.05) is 66.7 Å². The lowest BCUT2D eigenvalue weighted by Crippen LogP contribution is -2.39. The van der Waals surface area contributed by atoms with E-state index in [4.69, 9.17) is 0 Å². The van der Waals surface area contributed by atoms with Crippen molar-refractivity contribution < 1.29 is 4.79 Å². The lowest BCUT2D eigenvalue weighted by molar-refractivity contribution is 0.193. The van der Waals surface area contributed by atoms with Gasteiger partial charge in [0.05, 0.1) is 5.69 Å². The summed E-state index contributed by atoms with van der Waals surface area (Å²) in [6.45, 7) is 4.66. The van der Waals surface area contributed by atoms with E-state index in [1.165, 1.54) is 0 Å². The van der Waals surface area contributed by atoms with Gasteiger partial charge in [-0.2, -0.15) is 0 Å². The summed E-state index contributed by atoms with van der Waals surface area (Å²) in [6, 6.07) is 24.1. The van der Waals surface area contributed by atoms with E-state index in [-0.39, 0.29) is 12.1 Å². The van der Waals surface area contributed by atoms with Gasteiger partial charge in [-0.05, 0) is 30.9 Å². The molecule has 0 saturated carbocycles. The zero-order chi connectivity index (χ0) is 16.9. The molecular formula is C21H22N2O. The van der Waals surface area contributed by atoms with Crippen LogP contribution in [0.4, 0.5) is 10.5 Å². The molecule has 24 heavy (non-hydrogen) atoms. The number of amides is 2. The molecule has 0 heterocycles. The van der Waals surface area contributed by atoms with Crippen LogP contribution in [0.5, 0.6) is 0 Å². The third-order valence-corrected chi connectivity index (χ3v) is 4.11. The molecule has 0 aliphatic heterocycles. The van der Waals surface area contributed by atoms with E-state index < -0.39 is 0 Å². The summed E-state index contributed by atoms with van der Waals surface area (Å²) in [7, 11) is 0. The molecule has 122 valence electrons. The van der Waals surface area contributed by atoms with Crippen LogP contribution in [0.25, 0.3) is 10.8 Å². The number of urea groups is 1. The Bertz CT molecular complexity index is 822. The van der Waals surface area contributed by atoms with E-state index in [1.54, 1.807) is 0 Å². The molecule has 0 radical (unpaired) electrons. The molecule has 3 aromatic carbocycles. The first-order valence-electron chi connectivity index (χ1n) is 8.24. The van der Waals surface area contributed by atoms with Gasteiger partial charge in [0.25, 0.3) is 0 Å². The summed E-state index contributed by atoms with van der Waals surface area (Å²) < 4.78 is 0. The van der Waals surface area contributed by atoms with Gasteiger partial charge in [-0.25, -0.2) is 4.79 Å². The Balaban J connectivity index is 1.83. The molecule has 0 unspecified atom stereocenters. The zero-order valence-electron chi connectivity index (χ0n) is 14.1.